The highest BCUT2D eigenvalue weighted by molar-refractivity contribution is 7.22. The van der Waals surface area contributed by atoms with Gasteiger partial charge in [-0.05, 0) is 76.2 Å². The fourth-order valence-corrected chi connectivity index (χ4v) is 5.74. The van der Waals surface area contributed by atoms with Crippen molar-refractivity contribution in [3.05, 3.63) is 77.6 Å². The Kier molecular flexibility index (Phi) is 7.70. The van der Waals surface area contributed by atoms with Crippen LogP contribution in [0.25, 0.3) is 20.5 Å². The van der Waals surface area contributed by atoms with Crippen LogP contribution in [-0.2, 0) is 10.7 Å². The van der Waals surface area contributed by atoms with E-state index in [2.05, 4.69) is 0 Å². The van der Waals surface area contributed by atoms with Crippen LogP contribution in [0.3, 0.4) is 0 Å². The molecule has 0 bridgehead atoms. The Morgan fingerprint density at radius 2 is 1.60 bits per heavy atom. The summed E-state index contributed by atoms with van der Waals surface area (Å²) in [6.07, 6.45) is -0.565. The first kappa shape index (κ1) is 29.4. The monoisotopic (exact) mass is 597 g/mol. The summed E-state index contributed by atoms with van der Waals surface area (Å²) in [5.41, 5.74) is -0.415. The van der Waals surface area contributed by atoms with Gasteiger partial charge in [-0.15, -0.1) is 11.3 Å². The van der Waals surface area contributed by atoms with E-state index in [9.17, 15) is 22.8 Å². The van der Waals surface area contributed by atoms with Crippen LogP contribution in [0, 0.1) is 5.82 Å². The Morgan fingerprint density at radius 3 is 2.21 bits per heavy atom. The molecule has 6 nitrogen and oxygen atoms in total. The van der Waals surface area contributed by atoms with Crippen molar-refractivity contribution in [2.45, 2.75) is 52.2 Å². The molecule has 5 rings (SSSR count). The second kappa shape index (κ2) is 11.0. The molecule has 0 saturated carbocycles. The molecule has 3 aromatic carbocycles. The molecule has 0 aliphatic carbocycles. The van der Waals surface area contributed by atoms with Crippen molar-refractivity contribution in [2.24, 2.45) is 0 Å². The Morgan fingerprint density at radius 1 is 0.929 bits per heavy atom. The minimum absolute atomic E-state index is 0.131. The summed E-state index contributed by atoms with van der Waals surface area (Å²) in [6.45, 7) is 8.41. The van der Waals surface area contributed by atoms with Crippen molar-refractivity contribution < 1.29 is 37.0 Å². The maximum Gasteiger partial charge on any atom is 0.410 e. The number of ketones is 1. The minimum Gasteiger partial charge on any atom is -0.487 e. The van der Waals surface area contributed by atoms with E-state index >= 15 is 0 Å². The number of benzene rings is 3. The lowest BCUT2D eigenvalue weighted by Gasteiger charge is -2.39. The zero-order chi connectivity index (χ0) is 30.4. The smallest absolute Gasteiger partial charge is 0.410 e. The first-order valence-electron chi connectivity index (χ1n) is 13.4. The molecule has 1 fully saturated rings. The van der Waals surface area contributed by atoms with Gasteiger partial charge in [0, 0.05) is 33.7 Å². The van der Waals surface area contributed by atoms with Crippen molar-refractivity contribution in [3.8, 4) is 27.7 Å². The number of rotatable bonds is 7. The largest absolute Gasteiger partial charge is 0.487 e. The quantitative estimate of drug-likeness (QED) is 0.199. The van der Waals surface area contributed by atoms with Gasteiger partial charge in [0.2, 0.25) is 0 Å². The van der Waals surface area contributed by atoms with Gasteiger partial charge in [-0.3, -0.25) is 4.79 Å². The fraction of sp³-hybridized carbons (Fsp3) is 0.312. The SMILES string of the molecule is CC(=O)c1ccc2c(Oc3ccc(OC4CN(C(=O)OC(C)(C)C)C4)cc3)c(-c3ccc(F)cc3C(C)(F)F)sc2c1. The van der Waals surface area contributed by atoms with E-state index in [0.717, 1.165) is 19.1 Å². The molecule has 0 N–H and O–H groups in total. The molecule has 1 saturated heterocycles. The van der Waals surface area contributed by atoms with Gasteiger partial charge in [-0.1, -0.05) is 12.1 Å². The summed E-state index contributed by atoms with van der Waals surface area (Å²) in [5.74, 6) is -2.89. The average molecular weight is 598 g/mol. The maximum atomic E-state index is 14.6. The summed E-state index contributed by atoms with van der Waals surface area (Å²) in [5, 5.41) is 0.631. The van der Waals surface area contributed by atoms with E-state index in [1.54, 1.807) is 47.4 Å². The lowest BCUT2D eigenvalue weighted by atomic mass is 10.00. The number of carbonyl (C=O) groups excluding carboxylic acids is 2. The number of alkyl halides is 2. The van der Waals surface area contributed by atoms with Crippen LogP contribution in [0.15, 0.2) is 60.7 Å². The van der Waals surface area contributed by atoms with Crippen molar-refractivity contribution >= 4 is 33.3 Å². The van der Waals surface area contributed by atoms with Crippen LogP contribution >= 0.6 is 11.3 Å². The molecular formula is C32H30F3NO5S. The second-order valence-electron chi connectivity index (χ2n) is 11.3. The summed E-state index contributed by atoms with van der Waals surface area (Å²) >= 11 is 1.19. The van der Waals surface area contributed by atoms with E-state index < -0.39 is 22.9 Å². The maximum absolute atomic E-state index is 14.6. The van der Waals surface area contributed by atoms with Gasteiger partial charge in [-0.2, -0.15) is 0 Å². The number of hydrogen-bond acceptors (Lipinski definition) is 6. The lowest BCUT2D eigenvalue weighted by molar-refractivity contribution is -0.0221. The molecule has 42 heavy (non-hydrogen) atoms. The first-order valence-corrected chi connectivity index (χ1v) is 14.2. The van der Waals surface area contributed by atoms with Gasteiger partial charge < -0.3 is 19.1 Å². The fourth-order valence-electron chi connectivity index (χ4n) is 4.53. The molecule has 1 aliphatic heterocycles. The van der Waals surface area contributed by atoms with Gasteiger partial charge in [0.05, 0.1) is 18.0 Å². The molecule has 0 unspecified atom stereocenters. The van der Waals surface area contributed by atoms with E-state index in [1.165, 1.54) is 24.3 Å². The van der Waals surface area contributed by atoms with E-state index in [-0.39, 0.29) is 23.5 Å². The number of fused-ring (bicyclic) bond motifs is 1. The number of likely N-dealkylation sites (tertiary alicyclic amines) is 1. The molecule has 0 radical (unpaired) electrons. The van der Waals surface area contributed by atoms with Gasteiger partial charge in [0.25, 0.3) is 5.92 Å². The van der Waals surface area contributed by atoms with E-state index in [1.807, 2.05) is 20.8 Å². The highest BCUT2D eigenvalue weighted by atomic mass is 32.1. The molecule has 1 aliphatic rings. The summed E-state index contributed by atoms with van der Waals surface area (Å²) in [7, 11) is 0. The first-order chi connectivity index (χ1) is 19.7. The number of carbonyl (C=O) groups is 2. The second-order valence-corrected chi connectivity index (χ2v) is 12.4. The molecule has 220 valence electrons. The third kappa shape index (κ3) is 6.38. The lowest BCUT2D eigenvalue weighted by Crippen LogP contribution is -2.57. The predicted octanol–water partition coefficient (Wildman–Crippen LogP) is 8.81. The van der Waals surface area contributed by atoms with Crippen molar-refractivity contribution in [1.82, 2.24) is 4.90 Å². The Bertz CT molecular complexity index is 1650. The molecule has 4 aromatic rings. The normalized spacial score (nSPS) is 14.0. The van der Waals surface area contributed by atoms with Crippen molar-refractivity contribution in [1.29, 1.82) is 0 Å². The zero-order valence-electron chi connectivity index (χ0n) is 23.8. The van der Waals surface area contributed by atoms with Crippen LogP contribution in [0.1, 0.15) is 50.5 Å². The number of nitrogens with zero attached hydrogens (tertiary/aromatic N) is 1. The highest BCUT2D eigenvalue weighted by Crippen LogP contribution is 2.49. The molecule has 0 atom stereocenters. The van der Waals surface area contributed by atoms with Crippen LogP contribution in [0.2, 0.25) is 0 Å². The number of halogens is 3. The average Bonchev–Trinajstić information content (AvgIpc) is 3.22. The highest BCUT2D eigenvalue weighted by Gasteiger charge is 2.35. The van der Waals surface area contributed by atoms with E-state index in [0.29, 0.717) is 50.9 Å². The third-order valence-electron chi connectivity index (χ3n) is 6.60. The molecule has 10 heteroatoms. The number of thiophene rings is 1. The summed E-state index contributed by atoms with van der Waals surface area (Å²) in [6, 6.07) is 15.2. The van der Waals surface area contributed by atoms with Gasteiger partial charge in [-0.25, -0.2) is 18.0 Å². The molecule has 0 spiro atoms. The molecule has 1 aromatic heterocycles. The zero-order valence-corrected chi connectivity index (χ0v) is 24.6. The van der Waals surface area contributed by atoms with Gasteiger partial charge in [0.1, 0.15) is 29.0 Å². The third-order valence-corrected chi connectivity index (χ3v) is 7.76. The van der Waals surface area contributed by atoms with Crippen molar-refractivity contribution in [3.63, 3.8) is 0 Å². The Labute approximate surface area is 245 Å². The summed E-state index contributed by atoms with van der Waals surface area (Å²) < 4.78 is 61.5. The van der Waals surface area contributed by atoms with Gasteiger partial charge >= 0.3 is 6.09 Å². The number of ether oxygens (including phenoxy) is 3. The number of amides is 1. The van der Waals surface area contributed by atoms with Crippen molar-refractivity contribution in [2.75, 3.05) is 13.1 Å². The van der Waals surface area contributed by atoms with Crippen LogP contribution < -0.4 is 9.47 Å². The molecule has 2 heterocycles. The minimum atomic E-state index is -3.31. The van der Waals surface area contributed by atoms with Crippen LogP contribution in [-0.4, -0.2) is 41.6 Å². The standard InChI is InChI=1S/C32H30F3NO5S/c1-18(37)19-6-12-25-27(14-19)42-29(24-13-7-20(33)15-26(24)32(5,34)35)28(25)40-22-10-8-21(9-11-22)39-23-16-36(17-23)30(38)41-31(2,3)4/h6-15,23H,16-17H2,1-5H3. The van der Waals surface area contributed by atoms with E-state index in [4.69, 9.17) is 14.2 Å². The topological polar surface area (TPSA) is 65.1 Å². The van der Waals surface area contributed by atoms with Crippen LogP contribution in [0.4, 0.5) is 18.0 Å². The summed E-state index contributed by atoms with van der Waals surface area (Å²) in [4.78, 5) is 26.1. The molecular weight excluding hydrogens is 567 g/mol. The Balaban J connectivity index is 1.40. The number of hydrogen-bond donors (Lipinski definition) is 0. The van der Waals surface area contributed by atoms with Gasteiger partial charge in [0.15, 0.2) is 11.5 Å². The predicted molar refractivity (Wildman–Crippen MR) is 156 cm³/mol. The number of Topliss-reactive ketones (excluding diaryl/α,β-unsaturated/α-hetero) is 1. The molecule has 1 amide bonds. The van der Waals surface area contributed by atoms with Crippen LogP contribution in [0.5, 0.6) is 17.2 Å². The Hall–Kier alpha value is -4.05.